The maximum atomic E-state index is 11.5. The first-order chi connectivity index (χ1) is 16.2. The largest absolute Gasteiger partial charge is 0.480 e. The zero-order chi connectivity index (χ0) is 28.1. The summed E-state index contributed by atoms with van der Waals surface area (Å²) in [6.45, 7) is -1.62. The molecule has 18 heteroatoms. The second-order valence-corrected chi connectivity index (χ2v) is 7.26. The minimum Gasteiger partial charge on any atom is -0.480 e. The Balaban J connectivity index is -0.000000557. The minimum absolute atomic E-state index is 0.0256. The van der Waals surface area contributed by atoms with E-state index in [-0.39, 0.29) is 24.3 Å². The van der Waals surface area contributed by atoms with E-state index in [0.717, 1.165) is 0 Å². The van der Waals surface area contributed by atoms with E-state index < -0.39 is 79.8 Å². The van der Waals surface area contributed by atoms with Gasteiger partial charge in [0.25, 0.3) is 0 Å². The number of rotatable bonds is 14. The Kier molecular flexibility index (Phi) is 23.8. The fourth-order valence-corrected chi connectivity index (χ4v) is 1.89. The predicted octanol–water partition coefficient (Wildman–Crippen LogP) is -5.19. The second-order valence-electron chi connectivity index (χ2n) is 6.52. The van der Waals surface area contributed by atoms with Gasteiger partial charge in [-0.15, -0.1) is 0 Å². The van der Waals surface area contributed by atoms with E-state index >= 15 is 0 Å². The predicted molar refractivity (Wildman–Crippen MR) is 127 cm³/mol. The number of amides is 2. The zero-order valence-corrected chi connectivity index (χ0v) is 20.3. The molecule has 0 aromatic heterocycles. The molecule has 1 unspecified atom stereocenters. The Labute approximate surface area is 211 Å². The molecule has 206 valence electrons. The van der Waals surface area contributed by atoms with Crippen LogP contribution in [0, 0.1) is 0 Å². The van der Waals surface area contributed by atoms with Crippen molar-refractivity contribution in [3.63, 3.8) is 0 Å². The van der Waals surface area contributed by atoms with Crippen molar-refractivity contribution in [1.29, 1.82) is 0 Å². The molecule has 0 saturated heterocycles. The monoisotopic (exact) mass is 550 g/mol. The third-order valence-electron chi connectivity index (χ3n) is 3.58. The molecule has 16 nitrogen and oxygen atoms in total. The summed E-state index contributed by atoms with van der Waals surface area (Å²) in [7, 11) is 0. The molecule has 0 heterocycles. The number of aliphatic carboxylic acids is 3. The van der Waals surface area contributed by atoms with E-state index in [1.54, 1.807) is 0 Å². The lowest BCUT2D eigenvalue weighted by Gasteiger charge is -2.16. The molecule has 0 saturated carbocycles. The number of hydrogen-bond acceptors (Lipinski definition) is 13. The third kappa shape index (κ3) is 22.0. The number of nitrogens with two attached hydrogens (primary N) is 2. The maximum absolute atomic E-state index is 11.5. The van der Waals surface area contributed by atoms with E-state index in [1.165, 1.54) is 0 Å². The van der Waals surface area contributed by atoms with Crippen molar-refractivity contribution < 1.29 is 59.7 Å². The molecule has 0 rings (SSSR count). The standard InChI is InChI=1S/C10H17N3O6S.C4H10O4.C3H7NO2S/c11-5(10(18)19)1-2-7(14)13-6(4-20)9(17)12-3-8(15)16;5-1-3(7)4(8)2-6;4-2(1-7)3(5)6/h5-6,20H,1-4,11H2,(H,12,17)(H,13,14)(H,15,16)(H,18,19);3-8H,1-2H2;2,7H,1,4H2,(H,5,6)/t5-,6-;3-,4-;/m01./s1. The summed E-state index contributed by atoms with van der Waals surface area (Å²) in [6.07, 6.45) is -2.68. The van der Waals surface area contributed by atoms with Gasteiger partial charge in [-0.25, -0.2) is 0 Å². The molecule has 0 fully saturated rings. The van der Waals surface area contributed by atoms with E-state index in [9.17, 15) is 24.0 Å². The average Bonchev–Trinajstić information content (AvgIpc) is 2.82. The van der Waals surface area contributed by atoms with Gasteiger partial charge in [0.1, 0.15) is 36.9 Å². The lowest BCUT2D eigenvalue weighted by molar-refractivity contribution is -0.139. The zero-order valence-electron chi connectivity index (χ0n) is 18.6. The fourth-order valence-electron chi connectivity index (χ4n) is 1.48. The lowest BCUT2D eigenvalue weighted by atomic mass is 10.1. The van der Waals surface area contributed by atoms with Gasteiger partial charge in [-0.05, 0) is 6.42 Å². The minimum atomic E-state index is -1.22. The third-order valence-corrected chi connectivity index (χ3v) is 4.34. The van der Waals surface area contributed by atoms with Crippen molar-refractivity contribution in [2.45, 2.75) is 43.2 Å². The van der Waals surface area contributed by atoms with Gasteiger partial charge in [0.2, 0.25) is 11.8 Å². The van der Waals surface area contributed by atoms with Gasteiger partial charge < -0.3 is 57.8 Å². The summed E-state index contributed by atoms with van der Waals surface area (Å²) < 4.78 is 0. The molecular weight excluding hydrogens is 516 g/mol. The molecular formula is C17H34N4O12S2. The van der Waals surface area contributed by atoms with Crippen molar-refractivity contribution in [2.75, 3.05) is 31.3 Å². The molecule has 0 radical (unpaired) electrons. The summed E-state index contributed by atoms with van der Waals surface area (Å²) in [4.78, 5) is 53.5. The van der Waals surface area contributed by atoms with Crippen LogP contribution in [0.3, 0.4) is 0 Å². The fraction of sp³-hybridized carbons (Fsp3) is 0.706. The highest BCUT2D eigenvalue weighted by atomic mass is 32.1. The molecule has 0 spiro atoms. The summed E-state index contributed by atoms with van der Waals surface area (Å²) in [5.41, 5.74) is 10.2. The number of thiol groups is 2. The Morgan fingerprint density at radius 1 is 0.800 bits per heavy atom. The number of carbonyl (C=O) groups excluding carboxylic acids is 2. The highest BCUT2D eigenvalue weighted by Gasteiger charge is 2.21. The van der Waals surface area contributed by atoms with E-state index in [1.807, 2.05) is 0 Å². The molecule has 0 aromatic rings. The Morgan fingerprint density at radius 2 is 1.26 bits per heavy atom. The Bertz CT molecular complexity index is 651. The number of hydrogen-bond donors (Lipinski definition) is 13. The van der Waals surface area contributed by atoms with Gasteiger partial charge in [-0.3, -0.25) is 24.0 Å². The molecule has 0 aromatic carbocycles. The molecule has 0 aliphatic rings. The Hall–Kier alpha value is -2.19. The van der Waals surface area contributed by atoms with Crippen molar-refractivity contribution in [1.82, 2.24) is 10.6 Å². The van der Waals surface area contributed by atoms with Crippen LogP contribution in [0.25, 0.3) is 0 Å². The molecule has 35 heavy (non-hydrogen) atoms. The van der Waals surface area contributed by atoms with Crippen LogP contribution in [-0.4, -0.2) is 127 Å². The van der Waals surface area contributed by atoms with Crippen LogP contribution in [0.1, 0.15) is 12.8 Å². The quantitative estimate of drug-likeness (QED) is 0.0899. The molecule has 0 aliphatic carbocycles. The second kappa shape index (κ2) is 22.3. The average molecular weight is 551 g/mol. The number of carboxylic acid groups (broad SMARTS) is 3. The van der Waals surface area contributed by atoms with E-state index in [0.29, 0.717) is 0 Å². The SMILES string of the molecule is NC(CS)C(=O)O.N[C@@H](CCC(=O)N[C@@H](CS)C(=O)NCC(=O)O)C(=O)O.OC[C@@H](O)[C@H](O)CO. The number of nitrogens with one attached hydrogen (secondary N) is 2. The molecule has 2 amide bonds. The van der Waals surface area contributed by atoms with Gasteiger partial charge >= 0.3 is 17.9 Å². The van der Waals surface area contributed by atoms with Crippen LogP contribution in [-0.2, 0) is 24.0 Å². The van der Waals surface area contributed by atoms with E-state index in [4.69, 9.17) is 47.2 Å². The number of aliphatic hydroxyl groups excluding tert-OH is 4. The van der Waals surface area contributed by atoms with Crippen LogP contribution in [0.4, 0.5) is 0 Å². The van der Waals surface area contributed by atoms with Crippen LogP contribution >= 0.6 is 25.3 Å². The van der Waals surface area contributed by atoms with Gasteiger partial charge in [0.15, 0.2) is 0 Å². The topological polar surface area (TPSA) is 303 Å². The first kappa shape index (κ1) is 37.4. The first-order valence-corrected chi connectivity index (χ1v) is 11.0. The highest BCUT2D eigenvalue weighted by molar-refractivity contribution is 7.80. The van der Waals surface area contributed by atoms with Crippen LogP contribution < -0.4 is 22.1 Å². The molecule has 0 bridgehead atoms. The van der Waals surface area contributed by atoms with Crippen molar-refractivity contribution in [3.05, 3.63) is 0 Å². The molecule has 5 atom stereocenters. The van der Waals surface area contributed by atoms with Crippen LogP contribution in [0.15, 0.2) is 0 Å². The number of carbonyl (C=O) groups is 5. The normalized spacial score (nSPS) is 14.3. The van der Waals surface area contributed by atoms with Crippen molar-refractivity contribution in [3.8, 4) is 0 Å². The van der Waals surface area contributed by atoms with Crippen LogP contribution in [0.2, 0.25) is 0 Å². The molecule has 0 aliphatic heterocycles. The van der Waals surface area contributed by atoms with Gasteiger partial charge in [0, 0.05) is 17.9 Å². The summed E-state index contributed by atoms with van der Waals surface area (Å²) in [6, 6.07) is -2.97. The number of carboxylic acids is 3. The van der Waals surface area contributed by atoms with Gasteiger partial charge in [-0.2, -0.15) is 25.3 Å². The summed E-state index contributed by atoms with van der Waals surface area (Å²) >= 11 is 7.52. The summed E-state index contributed by atoms with van der Waals surface area (Å²) in [5.74, 6) is -4.52. The smallest absolute Gasteiger partial charge is 0.322 e. The number of aliphatic hydroxyl groups is 4. The first-order valence-electron chi connectivity index (χ1n) is 9.73. The maximum Gasteiger partial charge on any atom is 0.322 e. The van der Waals surface area contributed by atoms with Gasteiger partial charge in [0.05, 0.1) is 13.2 Å². The van der Waals surface area contributed by atoms with Crippen molar-refractivity contribution >= 4 is 55.0 Å². The van der Waals surface area contributed by atoms with Gasteiger partial charge in [-0.1, -0.05) is 0 Å². The lowest BCUT2D eigenvalue weighted by Crippen LogP contribution is -2.49. The Morgan fingerprint density at radius 3 is 1.54 bits per heavy atom. The van der Waals surface area contributed by atoms with Crippen LogP contribution in [0.5, 0.6) is 0 Å². The van der Waals surface area contributed by atoms with E-state index in [2.05, 4.69) is 35.9 Å². The highest BCUT2D eigenvalue weighted by Crippen LogP contribution is 1.97. The van der Waals surface area contributed by atoms with Crippen molar-refractivity contribution in [2.24, 2.45) is 11.5 Å². The molecule has 13 N–H and O–H groups in total. The summed E-state index contributed by atoms with van der Waals surface area (Å²) in [5, 5.41) is 62.5.